The van der Waals surface area contributed by atoms with Crippen molar-refractivity contribution in [3.63, 3.8) is 0 Å². The van der Waals surface area contributed by atoms with Crippen LogP contribution in [0.2, 0.25) is 10.2 Å². The van der Waals surface area contributed by atoms with Gasteiger partial charge in [-0.3, -0.25) is 0 Å². The van der Waals surface area contributed by atoms with E-state index in [2.05, 4.69) is 4.98 Å². The number of nitrogens with zero attached hydrogens (tertiary/aromatic N) is 1. The maximum atomic E-state index is 13.2. The highest BCUT2D eigenvalue weighted by Gasteiger charge is 2.26. The summed E-state index contributed by atoms with van der Waals surface area (Å²) in [7, 11) is 0. The van der Waals surface area contributed by atoms with Gasteiger partial charge in [-0.25, -0.2) is 9.37 Å². The maximum absolute atomic E-state index is 13.2. The van der Waals surface area contributed by atoms with Crippen LogP contribution in [-0.4, -0.2) is 28.4 Å². The molecule has 0 unspecified atom stereocenters. The van der Waals surface area contributed by atoms with Crippen molar-refractivity contribution in [3.8, 4) is 11.3 Å². The van der Waals surface area contributed by atoms with E-state index in [-0.39, 0.29) is 23.4 Å². The van der Waals surface area contributed by atoms with Crippen LogP contribution in [0.15, 0.2) is 30.3 Å². The number of benzene rings is 1. The van der Waals surface area contributed by atoms with E-state index in [4.69, 9.17) is 23.2 Å². The number of aliphatic hydroxyl groups excluding tert-OH is 2. The van der Waals surface area contributed by atoms with Gasteiger partial charge >= 0.3 is 0 Å². The summed E-state index contributed by atoms with van der Waals surface area (Å²) in [5, 5.41) is 19.2. The van der Waals surface area contributed by atoms with E-state index < -0.39 is 11.2 Å². The van der Waals surface area contributed by atoms with Crippen LogP contribution in [0.5, 0.6) is 0 Å². The Kier molecular flexibility index (Phi) is 4.84. The van der Waals surface area contributed by atoms with Crippen molar-refractivity contribution in [1.29, 1.82) is 0 Å². The van der Waals surface area contributed by atoms with Crippen LogP contribution in [0.3, 0.4) is 0 Å². The molecule has 6 heteroatoms. The highest BCUT2D eigenvalue weighted by atomic mass is 35.5. The minimum atomic E-state index is -0.842. The predicted octanol–water partition coefficient (Wildman–Crippen LogP) is 3.44. The summed E-state index contributed by atoms with van der Waals surface area (Å²) in [6.45, 7) is 1.22. The van der Waals surface area contributed by atoms with Gasteiger partial charge in [-0.1, -0.05) is 30.1 Å². The van der Waals surface area contributed by atoms with Crippen LogP contribution in [0.25, 0.3) is 11.3 Å². The molecule has 0 radical (unpaired) electrons. The fourth-order valence-electron chi connectivity index (χ4n) is 1.88. The first-order valence-electron chi connectivity index (χ1n) is 6.25. The highest BCUT2D eigenvalue weighted by molar-refractivity contribution is 6.31. The minimum absolute atomic E-state index is 0.0112. The zero-order valence-corrected chi connectivity index (χ0v) is 12.8. The number of halogens is 3. The van der Waals surface area contributed by atoms with Crippen molar-refractivity contribution in [2.24, 2.45) is 0 Å². The molecule has 2 rings (SSSR count). The van der Waals surface area contributed by atoms with Crippen molar-refractivity contribution in [2.75, 3.05) is 13.2 Å². The molecule has 0 aliphatic heterocycles. The summed E-state index contributed by atoms with van der Waals surface area (Å²) in [6.07, 6.45) is 0. The second kappa shape index (κ2) is 6.28. The van der Waals surface area contributed by atoms with E-state index in [0.29, 0.717) is 16.8 Å². The van der Waals surface area contributed by atoms with Crippen LogP contribution in [-0.2, 0) is 5.41 Å². The van der Waals surface area contributed by atoms with Crippen LogP contribution in [0.1, 0.15) is 12.5 Å². The van der Waals surface area contributed by atoms with Crippen molar-refractivity contribution >= 4 is 23.2 Å². The second-order valence-electron chi connectivity index (χ2n) is 5.07. The molecule has 1 aromatic carbocycles. The normalized spacial score (nSPS) is 11.7. The number of rotatable bonds is 4. The molecule has 21 heavy (non-hydrogen) atoms. The molecule has 0 saturated carbocycles. The standard InChI is InChI=1S/C15H14Cl2FNO2/c1-15(7-20,8-21)10-5-13(19-14(17)6-10)9-2-3-12(18)11(16)4-9/h2-6,20-21H,7-8H2,1H3. The lowest BCUT2D eigenvalue weighted by Gasteiger charge is -2.25. The molecule has 0 bridgehead atoms. The van der Waals surface area contributed by atoms with Gasteiger partial charge in [0.1, 0.15) is 11.0 Å². The molecule has 0 saturated heterocycles. The average molecular weight is 330 g/mol. The zero-order valence-electron chi connectivity index (χ0n) is 11.3. The quantitative estimate of drug-likeness (QED) is 0.845. The first-order chi connectivity index (χ1) is 9.89. The van der Waals surface area contributed by atoms with Crippen molar-refractivity contribution < 1.29 is 14.6 Å². The summed E-state index contributed by atoms with van der Waals surface area (Å²) in [5.41, 5.74) is 0.893. The molecular weight excluding hydrogens is 316 g/mol. The first-order valence-corrected chi connectivity index (χ1v) is 7.00. The number of pyridine rings is 1. The first kappa shape index (κ1) is 16.2. The Labute approximate surface area is 132 Å². The molecule has 112 valence electrons. The monoisotopic (exact) mass is 329 g/mol. The van der Waals surface area contributed by atoms with Gasteiger partial charge in [0, 0.05) is 11.0 Å². The SMILES string of the molecule is CC(CO)(CO)c1cc(Cl)nc(-c2ccc(F)c(Cl)c2)c1. The van der Waals surface area contributed by atoms with E-state index in [1.54, 1.807) is 25.1 Å². The zero-order chi connectivity index (χ0) is 15.6. The van der Waals surface area contributed by atoms with Gasteiger partial charge in [-0.2, -0.15) is 0 Å². The van der Waals surface area contributed by atoms with Crippen LogP contribution >= 0.6 is 23.2 Å². The molecule has 0 amide bonds. The molecule has 0 fully saturated rings. The summed E-state index contributed by atoms with van der Waals surface area (Å²) < 4.78 is 13.2. The topological polar surface area (TPSA) is 53.4 Å². The average Bonchev–Trinajstić information content (AvgIpc) is 2.48. The Morgan fingerprint density at radius 2 is 1.81 bits per heavy atom. The predicted molar refractivity (Wildman–Crippen MR) is 81.2 cm³/mol. The second-order valence-corrected chi connectivity index (χ2v) is 5.86. The number of hydrogen-bond donors (Lipinski definition) is 2. The summed E-state index contributed by atoms with van der Waals surface area (Å²) in [5.74, 6) is -0.516. The van der Waals surface area contributed by atoms with Crippen molar-refractivity contribution in [2.45, 2.75) is 12.3 Å². The van der Waals surface area contributed by atoms with Gasteiger partial charge in [0.25, 0.3) is 0 Å². The summed E-state index contributed by atoms with van der Waals surface area (Å²) in [4.78, 5) is 4.18. The highest BCUT2D eigenvalue weighted by Crippen LogP contribution is 2.30. The molecule has 2 aromatic rings. The molecule has 1 aromatic heterocycles. The lowest BCUT2D eigenvalue weighted by molar-refractivity contribution is 0.129. The van der Waals surface area contributed by atoms with Crippen LogP contribution in [0.4, 0.5) is 4.39 Å². The molecule has 1 heterocycles. The smallest absolute Gasteiger partial charge is 0.141 e. The fraction of sp³-hybridized carbons (Fsp3) is 0.267. The number of aromatic nitrogens is 1. The van der Waals surface area contributed by atoms with Gasteiger partial charge < -0.3 is 10.2 Å². The van der Waals surface area contributed by atoms with Gasteiger partial charge in [0.05, 0.1) is 23.9 Å². The van der Waals surface area contributed by atoms with Crippen LogP contribution < -0.4 is 0 Å². The fourth-order valence-corrected chi connectivity index (χ4v) is 2.27. The van der Waals surface area contributed by atoms with Crippen molar-refractivity contribution in [3.05, 3.63) is 51.9 Å². The van der Waals surface area contributed by atoms with E-state index in [1.807, 2.05) is 0 Å². The van der Waals surface area contributed by atoms with Gasteiger partial charge in [0.2, 0.25) is 0 Å². The molecule has 0 aliphatic rings. The third-order valence-electron chi connectivity index (χ3n) is 3.40. The number of aliphatic hydroxyl groups is 2. The molecule has 0 spiro atoms. The summed E-state index contributed by atoms with van der Waals surface area (Å²) >= 11 is 11.8. The Hall–Kier alpha value is -1.20. The van der Waals surface area contributed by atoms with Gasteiger partial charge in [0.15, 0.2) is 0 Å². The maximum Gasteiger partial charge on any atom is 0.141 e. The van der Waals surface area contributed by atoms with E-state index >= 15 is 0 Å². The van der Waals surface area contributed by atoms with Gasteiger partial charge in [-0.15, -0.1) is 0 Å². The Morgan fingerprint density at radius 3 is 2.38 bits per heavy atom. The molecule has 2 N–H and O–H groups in total. The van der Waals surface area contributed by atoms with E-state index in [1.165, 1.54) is 12.1 Å². The lowest BCUT2D eigenvalue weighted by Crippen LogP contribution is -2.31. The van der Waals surface area contributed by atoms with E-state index in [0.717, 1.165) is 0 Å². The Balaban J connectivity index is 2.55. The third-order valence-corrected chi connectivity index (χ3v) is 3.89. The third kappa shape index (κ3) is 3.35. The molecule has 3 nitrogen and oxygen atoms in total. The lowest BCUT2D eigenvalue weighted by atomic mass is 9.84. The Bertz CT molecular complexity index is 660. The molecule has 0 atom stereocenters. The van der Waals surface area contributed by atoms with E-state index in [9.17, 15) is 14.6 Å². The van der Waals surface area contributed by atoms with Gasteiger partial charge in [-0.05, 0) is 35.9 Å². The largest absolute Gasteiger partial charge is 0.395 e. The minimum Gasteiger partial charge on any atom is -0.395 e. The van der Waals surface area contributed by atoms with Crippen LogP contribution in [0, 0.1) is 5.82 Å². The molecule has 0 aliphatic carbocycles. The number of hydrogen-bond acceptors (Lipinski definition) is 3. The Morgan fingerprint density at radius 1 is 1.14 bits per heavy atom. The van der Waals surface area contributed by atoms with Crippen molar-refractivity contribution in [1.82, 2.24) is 4.98 Å². The molecular formula is C15H14Cl2FNO2. The summed E-state index contributed by atoms with van der Waals surface area (Å²) in [6, 6.07) is 7.52.